The van der Waals surface area contributed by atoms with Crippen LogP contribution in [-0.2, 0) is 13.1 Å². The average molecular weight is 178 g/mol. The molecule has 0 spiro atoms. The molecule has 1 aromatic rings. The maximum Gasteiger partial charge on any atom is 0.0641 e. The molecule has 1 aromatic heterocycles. The molecule has 0 bridgehead atoms. The van der Waals surface area contributed by atoms with Crippen LogP contribution >= 0.6 is 0 Å². The normalized spacial score (nSPS) is 10.0. The topological polar surface area (TPSA) is 67.6 Å². The first kappa shape index (κ1) is 9.75. The van der Waals surface area contributed by atoms with Gasteiger partial charge in [0.25, 0.3) is 0 Å². The van der Waals surface area contributed by atoms with Crippen LogP contribution < -0.4 is 5.73 Å². The number of aryl methyl sites for hydroxylation is 2. The van der Waals surface area contributed by atoms with Crippen molar-refractivity contribution >= 4 is 0 Å². The Morgan fingerprint density at radius 3 is 2.69 bits per heavy atom. The van der Waals surface area contributed by atoms with Crippen LogP contribution in [0.5, 0.6) is 0 Å². The van der Waals surface area contributed by atoms with Crippen LogP contribution in [0.4, 0.5) is 0 Å². The third-order valence-corrected chi connectivity index (χ3v) is 2.17. The van der Waals surface area contributed by atoms with Gasteiger partial charge in [-0.3, -0.25) is 4.68 Å². The lowest BCUT2D eigenvalue weighted by Crippen LogP contribution is -2.03. The molecule has 70 valence electrons. The minimum absolute atomic E-state index is 0.492. The fourth-order valence-corrected chi connectivity index (χ4v) is 1.40. The number of nitrogens with two attached hydrogens (primary N) is 1. The molecule has 0 aliphatic rings. The van der Waals surface area contributed by atoms with Crippen molar-refractivity contribution in [3.8, 4) is 6.07 Å². The lowest BCUT2D eigenvalue weighted by atomic mass is 10.2. The van der Waals surface area contributed by atoms with Gasteiger partial charge in [0.1, 0.15) is 0 Å². The van der Waals surface area contributed by atoms with Crippen molar-refractivity contribution in [2.24, 2.45) is 5.73 Å². The van der Waals surface area contributed by atoms with Gasteiger partial charge in [-0.15, -0.1) is 0 Å². The molecule has 4 nitrogen and oxygen atoms in total. The summed E-state index contributed by atoms with van der Waals surface area (Å²) < 4.78 is 1.85. The summed E-state index contributed by atoms with van der Waals surface area (Å²) in [5.74, 6) is 0. The summed E-state index contributed by atoms with van der Waals surface area (Å²) in [5.41, 5.74) is 8.72. The van der Waals surface area contributed by atoms with Gasteiger partial charge < -0.3 is 5.73 Å². The van der Waals surface area contributed by atoms with E-state index in [1.54, 1.807) is 0 Å². The molecule has 0 aromatic carbocycles. The third kappa shape index (κ3) is 1.87. The standard InChI is InChI=1S/C9H14N4/c1-7-9(6-11)8(2)13(12-7)5-3-4-10/h3,5-6,11H2,1-2H3. The Morgan fingerprint density at radius 1 is 1.54 bits per heavy atom. The van der Waals surface area contributed by atoms with Crippen LogP contribution in [0, 0.1) is 25.2 Å². The van der Waals surface area contributed by atoms with Gasteiger partial charge in [-0.2, -0.15) is 10.4 Å². The number of aromatic nitrogens is 2. The number of hydrogen-bond acceptors (Lipinski definition) is 3. The van der Waals surface area contributed by atoms with E-state index in [4.69, 9.17) is 11.0 Å². The Labute approximate surface area is 78.0 Å². The van der Waals surface area contributed by atoms with Crippen LogP contribution in [0.3, 0.4) is 0 Å². The predicted octanol–water partition coefficient (Wildman–Crippen LogP) is 0.872. The number of nitriles is 1. The molecule has 13 heavy (non-hydrogen) atoms. The lowest BCUT2D eigenvalue weighted by Gasteiger charge is -2.00. The van der Waals surface area contributed by atoms with E-state index in [2.05, 4.69) is 11.2 Å². The molecule has 4 heteroatoms. The molecular weight excluding hydrogens is 164 g/mol. The van der Waals surface area contributed by atoms with Crippen molar-refractivity contribution in [3.63, 3.8) is 0 Å². The fraction of sp³-hybridized carbons (Fsp3) is 0.556. The molecule has 0 aliphatic carbocycles. The van der Waals surface area contributed by atoms with Crippen LogP contribution in [0.15, 0.2) is 0 Å². The highest BCUT2D eigenvalue weighted by Crippen LogP contribution is 2.11. The Kier molecular flexibility index (Phi) is 3.04. The van der Waals surface area contributed by atoms with E-state index in [1.165, 1.54) is 0 Å². The number of rotatable bonds is 3. The molecule has 0 radical (unpaired) electrons. The Hall–Kier alpha value is -1.34. The van der Waals surface area contributed by atoms with Crippen molar-refractivity contribution in [3.05, 3.63) is 17.0 Å². The molecule has 0 fully saturated rings. The first-order valence-electron chi connectivity index (χ1n) is 4.30. The smallest absolute Gasteiger partial charge is 0.0641 e. The zero-order valence-electron chi connectivity index (χ0n) is 8.04. The zero-order chi connectivity index (χ0) is 9.84. The highest BCUT2D eigenvalue weighted by Gasteiger charge is 2.08. The molecule has 0 unspecified atom stereocenters. The van der Waals surface area contributed by atoms with Crippen LogP contribution in [0.25, 0.3) is 0 Å². The Balaban J connectivity index is 2.91. The van der Waals surface area contributed by atoms with Gasteiger partial charge in [-0.1, -0.05) is 0 Å². The number of hydrogen-bond donors (Lipinski definition) is 1. The SMILES string of the molecule is Cc1nn(CCC#N)c(C)c1CN. The number of nitrogens with zero attached hydrogens (tertiary/aromatic N) is 3. The molecule has 0 aliphatic heterocycles. The maximum atomic E-state index is 8.44. The molecule has 0 amide bonds. The zero-order valence-corrected chi connectivity index (χ0v) is 8.04. The van der Waals surface area contributed by atoms with Crippen LogP contribution in [-0.4, -0.2) is 9.78 Å². The first-order chi connectivity index (χ1) is 6.20. The van der Waals surface area contributed by atoms with E-state index in [1.807, 2.05) is 18.5 Å². The van der Waals surface area contributed by atoms with Gasteiger partial charge in [-0.05, 0) is 13.8 Å². The molecule has 0 saturated heterocycles. The molecular formula is C9H14N4. The van der Waals surface area contributed by atoms with Crippen molar-refractivity contribution in [2.75, 3.05) is 0 Å². The van der Waals surface area contributed by atoms with Gasteiger partial charge in [0.05, 0.1) is 24.7 Å². The van der Waals surface area contributed by atoms with E-state index >= 15 is 0 Å². The monoisotopic (exact) mass is 178 g/mol. The van der Waals surface area contributed by atoms with Crippen molar-refractivity contribution in [1.82, 2.24) is 9.78 Å². The summed E-state index contributed by atoms with van der Waals surface area (Å²) in [6.45, 7) is 5.10. The average Bonchev–Trinajstić information content (AvgIpc) is 2.38. The molecule has 0 saturated carbocycles. The van der Waals surface area contributed by atoms with Crippen molar-refractivity contribution in [2.45, 2.75) is 33.4 Å². The Morgan fingerprint density at radius 2 is 2.23 bits per heavy atom. The quantitative estimate of drug-likeness (QED) is 0.746. The Bertz CT molecular complexity index is 332. The van der Waals surface area contributed by atoms with E-state index in [0.29, 0.717) is 19.5 Å². The van der Waals surface area contributed by atoms with Crippen LogP contribution in [0.2, 0.25) is 0 Å². The summed E-state index contributed by atoms with van der Waals surface area (Å²) in [6.07, 6.45) is 0.492. The van der Waals surface area contributed by atoms with Crippen molar-refractivity contribution < 1.29 is 0 Å². The summed E-state index contributed by atoms with van der Waals surface area (Å²) in [5, 5.41) is 12.7. The lowest BCUT2D eigenvalue weighted by molar-refractivity contribution is 0.605. The van der Waals surface area contributed by atoms with Gasteiger partial charge in [-0.25, -0.2) is 0 Å². The second-order valence-electron chi connectivity index (χ2n) is 2.98. The predicted molar refractivity (Wildman–Crippen MR) is 49.8 cm³/mol. The minimum atomic E-state index is 0.492. The molecule has 1 heterocycles. The minimum Gasteiger partial charge on any atom is -0.326 e. The summed E-state index contributed by atoms with van der Waals surface area (Å²) >= 11 is 0. The van der Waals surface area contributed by atoms with E-state index < -0.39 is 0 Å². The molecule has 1 rings (SSSR count). The summed E-state index contributed by atoms with van der Waals surface area (Å²) in [7, 11) is 0. The largest absolute Gasteiger partial charge is 0.326 e. The van der Waals surface area contributed by atoms with Crippen molar-refractivity contribution in [1.29, 1.82) is 5.26 Å². The summed E-state index contributed by atoms with van der Waals surface area (Å²) in [6, 6.07) is 2.10. The van der Waals surface area contributed by atoms with Crippen LogP contribution in [0.1, 0.15) is 23.4 Å². The maximum absolute atomic E-state index is 8.44. The van der Waals surface area contributed by atoms with E-state index in [-0.39, 0.29) is 0 Å². The highest BCUT2D eigenvalue weighted by atomic mass is 15.3. The fourth-order valence-electron chi connectivity index (χ4n) is 1.40. The third-order valence-electron chi connectivity index (χ3n) is 2.17. The molecule has 0 atom stereocenters. The van der Waals surface area contributed by atoms with E-state index in [0.717, 1.165) is 17.0 Å². The second-order valence-corrected chi connectivity index (χ2v) is 2.98. The highest BCUT2D eigenvalue weighted by molar-refractivity contribution is 5.23. The molecule has 2 N–H and O–H groups in total. The van der Waals surface area contributed by atoms with Gasteiger partial charge in [0, 0.05) is 17.8 Å². The van der Waals surface area contributed by atoms with Gasteiger partial charge in [0.15, 0.2) is 0 Å². The first-order valence-corrected chi connectivity index (χ1v) is 4.30. The second kappa shape index (κ2) is 4.06. The van der Waals surface area contributed by atoms with Gasteiger partial charge >= 0.3 is 0 Å². The van der Waals surface area contributed by atoms with Gasteiger partial charge in [0.2, 0.25) is 0 Å². The van der Waals surface area contributed by atoms with E-state index in [9.17, 15) is 0 Å². The summed E-state index contributed by atoms with van der Waals surface area (Å²) in [4.78, 5) is 0.